The van der Waals surface area contributed by atoms with E-state index in [4.69, 9.17) is 5.73 Å². The SMILES string of the molecule is CCCN(c1cc(N)nc(C)n1)C(C)C. The molecule has 4 heteroatoms. The fourth-order valence-corrected chi connectivity index (χ4v) is 1.60. The van der Waals surface area contributed by atoms with E-state index in [-0.39, 0.29) is 0 Å². The molecule has 0 aliphatic heterocycles. The van der Waals surface area contributed by atoms with Crippen molar-refractivity contribution in [1.29, 1.82) is 0 Å². The molecule has 0 spiro atoms. The first-order valence-corrected chi connectivity index (χ1v) is 5.42. The van der Waals surface area contributed by atoms with E-state index >= 15 is 0 Å². The normalized spacial score (nSPS) is 10.7. The van der Waals surface area contributed by atoms with Crippen molar-refractivity contribution in [3.63, 3.8) is 0 Å². The van der Waals surface area contributed by atoms with Gasteiger partial charge in [-0.05, 0) is 27.2 Å². The third kappa shape index (κ3) is 3.08. The standard InChI is InChI=1S/C11H20N4/c1-5-6-15(8(2)3)11-7-10(12)13-9(4)14-11/h7-8H,5-6H2,1-4H3,(H2,12,13,14). The molecule has 0 atom stereocenters. The van der Waals surface area contributed by atoms with Crippen molar-refractivity contribution >= 4 is 11.6 Å². The summed E-state index contributed by atoms with van der Waals surface area (Å²) in [6.07, 6.45) is 1.10. The first-order valence-electron chi connectivity index (χ1n) is 5.42. The van der Waals surface area contributed by atoms with Gasteiger partial charge in [-0.1, -0.05) is 6.92 Å². The Hall–Kier alpha value is -1.32. The first-order chi connectivity index (χ1) is 7.04. The van der Waals surface area contributed by atoms with Gasteiger partial charge >= 0.3 is 0 Å². The molecule has 84 valence electrons. The van der Waals surface area contributed by atoms with Gasteiger partial charge in [-0.3, -0.25) is 0 Å². The summed E-state index contributed by atoms with van der Waals surface area (Å²) in [5.74, 6) is 2.20. The summed E-state index contributed by atoms with van der Waals surface area (Å²) in [6.45, 7) is 9.33. The smallest absolute Gasteiger partial charge is 0.134 e. The average Bonchev–Trinajstić information content (AvgIpc) is 2.11. The molecule has 0 aromatic carbocycles. The molecule has 0 fully saturated rings. The lowest BCUT2D eigenvalue weighted by Crippen LogP contribution is -2.32. The van der Waals surface area contributed by atoms with Crippen LogP contribution in [0.3, 0.4) is 0 Å². The Morgan fingerprint density at radius 1 is 1.40 bits per heavy atom. The maximum Gasteiger partial charge on any atom is 0.134 e. The highest BCUT2D eigenvalue weighted by atomic mass is 15.2. The summed E-state index contributed by atoms with van der Waals surface area (Å²) in [5.41, 5.74) is 5.72. The van der Waals surface area contributed by atoms with Crippen molar-refractivity contribution in [2.75, 3.05) is 17.2 Å². The van der Waals surface area contributed by atoms with Gasteiger partial charge in [0.15, 0.2) is 0 Å². The second kappa shape index (κ2) is 4.96. The molecule has 1 rings (SSSR count). The Labute approximate surface area is 91.5 Å². The summed E-state index contributed by atoms with van der Waals surface area (Å²) in [7, 11) is 0. The van der Waals surface area contributed by atoms with Gasteiger partial charge in [-0.25, -0.2) is 9.97 Å². The third-order valence-corrected chi connectivity index (χ3v) is 2.23. The minimum absolute atomic E-state index is 0.429. The Morgan fingerprint density at radius 3 is 2.53 bits per heavy atom. The summed E-state index contributed by atoms with van der Waals surface area (Å²) in [6, 6.07) is 2.27. The van der Waals surface area contributed by atoms with Crippen LogP contribution in [0.2, 0.25) is 0 Å². The Morgan fingerprint density at radius 2 is 2.07 bits per heavy atom. The molecule has 0 aliphatic carbocycles. The van der Waals surface area contributed by atoms with Crippen LogP contribution in [0.5, 0.6) is 0 Å². The predicted molar refractivity (Wildman–Crippen MR) is 64.0 cm³/mol. The van der Waals surface area contributed by atoms with Gasteiger partial charge in [0.2, 0.25) is 0 Å². The van der Waals surface area contributed by atoms with Crippen molar-refractivity contribution < 1.29 is 0 Å². The van der Waals surface area contributed by atoms with Crippen LogP contribution in [-0.4, -0.2) is 22.6 Å². The molecule has 0 radical (unpaired) electrons. The zero-order valence-electron chi connectivity index (χ0n) is 9.99. The van der Waals surface area contributed by atoms with Crippen molar-refractivity contribution in [2.24, 2.45) is 0 Å². The molecule has 0 bridgehead atoms. The minimum Gasteiger partial charge on any atom is -0.384 e. The lowest BCUT2D eigenvalue weighted by Gasteiger charge is -2.27. The molecule has 0 amide bonds. The molecule has 0 saturated heterocycles. The van der Waals surface area contributed by atoms with Crippen LogP contribution in [0.25, 0.3) is 0 Å². The number of anilines is 2. The molecule has 4 nitrogen and oxygen atoms in total. The zero-order chi connectivity index (χ0) is 11.4. The van der Waals surface area contributed by atoms with Gasteiger partial charge in [0.05, 0.1) is 0 Å². The van der Waals surface area contributed by atoms with Crippen LogP contribution < -0.4 is 10.6 Å². The number of hydrogen-bond acceptors (Lipinski definition) is 4. The van der Waals surface area contributed by atoms with Crippen LogP contribution in [0.1, 0.15) is 33.0 Å². The zero-order valence-corrected chi connectivity index (χ0v) is 9.99. The average molecular weight is 208 g/mol. The Balaban J connectivity index is 2.99. The van der Waals surface area contributed by atoms with Crippen molar-refractivity contribution in [2.45, 2.75) is 40.2 Å². The summed E-state index contributed by atoms with van der Waals surface area (Å²) >= 11 is 0. The number of nitrogens with zero attached hydrogens (tertiary/aromatic N) is 3. The van der Waals surface area contributed by atoms with Crippen LogP contribution >= 0.6 is 0 Å². The van der Waals surface area contributed by atoms with Crippen LogP contribution in [-0.2, 0) is 0 Å². The predicted octanol–water partition coefficient (Wildman–Crippen LogP) is 1.99. The van der Waals surface area contributed by atoms with Gasteiger partial charge in [0.25, 0.3) is 0 Å². The Kier molecular flexibility index (Phi) is 3.88. The molecular weight excluding hydrogens is 188 g/mol. The minimum atomic E-state index is 0.429. The van der Waals surface area contributed by atoms with E-state index < -0.39 is 0 Å². The largest absolute Gasteiger partial charge is 0.384 e. The van der Waals surface area contributed by atoms with Crippen LogP contribution in [0.4, 0.5) is 11.6 Å². The van der Waals surface area contributed by atoms with Gasteiger partial charge in [-0.15, -0.1) is 0 Å². The molecule has 1 aromatic heterocycles. The maximum atomic E-state index is 5.72. The van der Waals surface area contributed by atoms with Crippen molar-refractivity contribution in [3.05, 3.63) is 11.9 Å². The number of nitrogens with two attached hydrogens (primary N) is 1. The fraction of sp³-hybridized carbons (Fsp3) is 0.636. The highest BCUT2D eigenvalue weighted by Crippen LogP contribution is 2.16. The van der Waals surface area contributed by atoms with E-state index in [0.29, 0.717) is 11.9 Å². The summed E-state index contributed by atoms with van der Waals surface area (Å²) in [4.78, 5) is 10.7. The number of aromatic nitrogens is 2. The third-order valence-electron chi connectivity index (χ3n) is 2.23. The van der Waals surface area contributed by atoms with Gasteiger partial charge in [0.1, 0.15) is 17.5 Å². The highest BCUT2D eigenvalue weighted by Gasteiger charge is 2.11. The number of hydrogen-bond donors (Lipinski definition) is 1. The second-order valence-electron chi connectivity index (χ2n) is 3.99. The molecular formula is C11H20N4. The van der Waals surface area contributed by atoms with E-state index in [1.54, 1.807) is 0 Å². The lowest BCUT2D eigenvalue weighted by molar-refractivity contribution is 0.660. The monoisotopic (exact) mass is 208 g/mol. The number of rotatable bonds is 4. The maximum absolute atomic E-state index is 5.72. The van der Waals surface area contributed by atoms with Crippen LogP contribution in [0, 0.1) is 6.92 Å². The molecule has 15 heavy (non-hydrogen) atoms. The number of aryl methyl sites for hydroxylation is 1. The van der Waals surface area contributed by atoms with Crippen molar-refractivity contribution in [1.82, 2.24) is 9.97 Å². The van der Waals surface area contributed by atoms with E-state index in [0.717, 1.165) is 24.6 Å². The topological polar surface area (TPSA) is 55.0 Å². The second-order valence-corrected chi connectivity index (χ2v) is 3.99. The molecule has 0 saturated carbocycles. The van der Waals surface area contributed by atoms with Crippen LogP contribution in [0.15, 0.2) is 6.07 Å². The van der Waals surface area contributed by atoms with E-state index in [1.807, 2.05) is 13.0 Å². The Bertz CT molecular complexity index is 302. The van der Waals surface area contributed by atoms with Gasteiger partial charge in [0, 0.05) is 18.7 Å². The summed E-state index contributed by atoms with van der Waals surface area (Å²) < 4.78 is 0. The molecule has 2 N–H and O–H groups in total. The molecule has 1 heterocycles. The quantitative estimate of drug-likeness (QED) is 0.822. The lowest BCUT2D eigenvalue weighted by atomic mass is 10.3. The molecule has 0 aliphatic rings. The molecule has 1 aromatic rings. The van der Waals surface area contributed by atoms with E-state index in [2.05, 4.69) is 35.6 Å². The molecule has 0 unspecified atom stereocenters. The fourth-order valence-electron chi connectivity index (χ4n) is 1.60. The summed E-state index contributed by atoms with van der Waals surface area (Å²) in [5, 5.41) is 0. The van der Waals surface area contributed by atoms with Gasteiger partial charge < -0.3 is 10.6 Å². The number of nitrogen functional groups attached to an aromatic ring is 1. The van der Waals surface area contributed by atoms with E-state index in [1.165, 1.54) is 0 Å². The first kappa shape index (κ1) is 11.8. The highest BCUT2D eigenvalue weighted by molar-refractivity contribution is 5.47. The van der Waals surface area contributed by atoms with E-state index in [9.17, 15) is 0 Å². The van der Waals surface area contributed by atoms with Crippen molar-refractivity contribution in [3.8, 4) is 0 Å². The van der Waals surface area contributed by atoms with Gasteiger partial charge in [-0.2, -0.15) is 0 Å².